The average Bonchev–Trinajstić information content (AvgIpc) is 2.92. The van der Waals surface area contributed by atoms with Gasteiger partial charge in [-0.25, -0.2) is 0 Å². The summed E-state index contributed by atoms with van der Waals surface area (Å²) in [5.74, 6) is 0. The topological polar surface area (TPSA) is 3.88 Å². The molecule has 0 saturated carbocycles. The number of rotatable bonds is 2. The molecule has 0 amide bonds. The summed E-state index contributed by atoms with van der Waals surface area (Å²) in [6.45, 7) is 0. The highest BCUT2D eigenvalue weighted by molar-refractivity contribution is 5.85. The standard InChI is InChI=1S/C33H26N/c1-3-13-25(14-4-1)31-29-21-19-23-11-7-9-17-27(23)32(29)34(26-15-5-2-6-16-26)33-28-18-10-8-12-24(28)20-22-30(31)33/h1-18H,19-22H2/q+1. The summed E-state index contributed by atoms with van der Waals surface area (Å²) >= 11 is 0. The van der Waals surface area contributed by atoms with Gasteiger partial charge in [0.15, 0.2) is 0 Å². The van der Waals surface area contributed by atoms with Crippen LogP contribution in [-0.2, 0) is 25.7 Å². The van der Waals surface area contributed by atoms with E-state index in [2.05, 4.69) is 114 Å². The third-order valence-electron chi connectivity index (χ3n) is 7.53. The molecular formula is C33H26N+. The fourth-order valence-electron chi connectivity index (χ4n) is 6.10. The van der Waals surface area contributed by atoms with Crippen molar-refractivity contribution in [1.82, 2.24) is 0 Å². The Morgan fingerprint density at radius 1 is 0.441 bits per heavy atom. The number of aryl methyl sites for hydroxylation is 2. The van der Waals surface area contributed by atoms with Crippen molar-refractivity contribution in [3.8, 4) is 39.3 Å². The first kappa shape index (κ1) is 19.5. The van der Waals surface area contributed by atoms with Crippen LogP contribution in [0.4, 0.5) is 0 Å². The zero-order valence-corrected chi connectivity index (χ0v) is 19.2. The highest BCUT2D eigenvalue weighted by Gasteiger charge is 2.38. The molecule has 2 aliphatic carbocycles. The Morgan fingerprint density at radius 2 is 0.912 bits per heavy atom. The molecule has 1 nitrogen and oxygen atoms in total. The molecule has 1 heteroatoms. The van der Waals surface area contributed by atoms with Crippen LogP contribution < -0.4 is 4.57 Å². The van der Waals surface area contributed by atoms with Gasteiger partial charge in [-0.3, -0.25) is 0 Å². The summed E-state index contributed by atoms with van der Waals surface area (Å²) in [5.41, 5.74) is 15.4. The Bertz CT molecular complexity index is 1450. The molecule has 5 aromatic rings. The normalized spacial score (nSPS) is 13.4. The Morgan fingerprint density at radius 3 is 1.47 bits per heavy atom. The zero-order valence-electron chi connectivity index (χ0n) is 19.2. The number of para-hydroxylation sites is 1. The number of hydrogen-bond donors (Lipinski definition) is 0. The number of pyridine rings is 1. The molecule has 0 aliphatic heterocycles. The monoisotopic (exact) mass is 436 g/mol. The molecular weight excluding hydrogens is 410 g/mol. The number of aromatic nitrogens is 1. The van der Waals surface area contributed by atoms with Gasteiger partial charge in [-0.2, -0.15) is 4.57 Å². The van der Waals surface area contributed by atoms with Gasteiger partial charge in [0.2, 0.25) is 17.1 Å². The van der Waals surface area contributed by atoms with Gasteiger partial charge < -0.3 is 0 Å². The molecule has 0 atom stereocenters. The van der Waals surface area contributed by atoms with E-state index in [0.29, 0.717) is 0 Å². The maximum atomic E-state index is 2.58. The first-order valence-corrected chi connectivity index (χ1v) is 12.3. The van der Waals surface area contributed by atoms with E-state index < -0.39 is 0 Å². The second-order valence-corrected chi connectivity index (χ2v) is 9.38. The molecule has 1 heterocycles. The number of fused-ring (bicyclic) bond motifs is 6. The van der Waals surface area contributed by atoms with Crippen molar-refractivity contribution in [3.63, 3.8) is 0 Å². The summed E-state index contributed by atoms with van der Waals surface area (Å²) in [5, 5.41) is 0. The quantitative estimate of drug-likeness (QED) is 0.258. The summed E-state index contributed by atoms with van der Waals surface area (Å²) in [4.78, 5) is 0. The fraction of sp³-hybridized carbons (Fsp3) is 0.121. The van der Waals surface area contributed by atoms with E-state index in [9.17, 15) is 0 Å². The minimum Gasteiger partial charge on any atom is -0.152 e. The van der Waals surface area contributed by atoms with E-state index in [-0.39, 0.29) is 0 Å². The zero-order chi connectivity index (χ0) is 22.5. The summed E-state index contributed by atoms with van der Waals surface area (Å²) < 4.78 is 2.58. The Kier molecular flexibility index (Phi) is 4.48. The lowest BCUT2D eigenvalue weighted by molar-refractivity contribution is -0.573. The minimum absolute atomic E-state index is 1.07. The van der Waals surface area contributed by atoms with Crippen molar-refractivity contribution in [1.29, 1.82) is 0 Å². The first-order chi connectivity index (χ1) is 16.9. The highest BCUT2D eigenvalue weighted by Crippen LogP contribution is 2.45. The maximum Gasteiger partial charge on any atom is 0.223 e. The van der Waals surface area contributed by atoms with Crippen molar-refractivity contribution in [2.75, 3.05) is 0 Å². The van der Waals surface area contributed by atoms with E-state index in [1.807, 2.05) is 0 Å². The van der Waals surface area contributed by atoms with Crippen LogP contribution in [0, 0.1) is 0 Å². The van der Waals surface area contributed by atoms with Gasteiger partial charge in [-0.05, 0) is 54.5 Å². The average molecular weight is 437 g/mol. The largest absolute Gasteiger partial charge is 0.223 e. The van der Waals surface area contributed by atoms with E-state index in [4.69, 9.17) is 0 Å². The predicted octanol–water partition coefficient (Wildman–Crippen LogP) is 7.16. The molecule has 0 spiro atoms. The number of hydrogen-bond acceptors (Lipinski definition) is 0. The molecule has 0 saturated heterocycles. The van der Waals surface area contributed by atoms with Crippen LogP contribution in [0.3, 0.4) is 0 Å². The SMILES string of the molecule is c1ccc(-c2c3c([n+](-c4ccccc4)c4c2CCc2ccccc2-4)-c2ccccc2CC3)cc1. The minimum atomic E-state index is 1.07. The first-order valence-electron chi connectivity index (χ1n) is 12.3. The van der Waals surface area contributed by atoms with E-state index in [1.54, 1.807) is 0 Å². The Balaban J connectivity index is 1.71. The van der Waals surface area contributed by atoms with Gasteiger partial charge in [-0.15, -0.1) is 0 Å². The van der Waals surface area contributed by atoms with Crippen LogP contribution >= 0.6 is 0 Å². The van der Waals surface area contributed by atoms with E-state index in [1.165, 1.54) is 61.6 Å². The lowest BCUT2D eigenvalue weighted by Crippen LogP contribution is -2.41. The molecule has 7 rings (SSSR count). The lowest BCUT2D eigenvalue weighted by atomic mass is 9.77. The molecule has 0 unspecified atom stereocenters. The molecule has 0 bridgehead atoms. The molecule has 34 heavy (non-hydrogen) atoms. The maximum absolute atomic E-state index is 2.58. The van der Waals surface area contributed by atoms with Crippen molar-refractivity contribution >= 4 is 0 Å². The van der Waals surface area contributed by atoms with Crippen LogP contribution in [0.15, 0.2) is 109 Å². The Hall–Kier alpha value is -3.97. The van der Waals surface area contributed by atoms with Crippen LogP contribution in [0.2, 0.25) is 0 Å². The van der Waals surface area contributed by atoms with Gasteiger partial charge >= 0.3 is 0 Å². The summed E-state index contributed by atoms with van der Waals surface area (Å²) in [6, 6.07) is 40.1. The fourth-order valence-corrected chi connectivity index (χ4v) is 6.10. The smallest absolute Gasteiger partial charge is 0.152 e. The Labute approximate surface area is 201 Å². The van der Waals surface area contributed by atoms with Crippen LogP contribution in [-0.4, -0.2) is 0 Å². The molecule has 2 aliphatic rings. The number of nitrogens with zero attached hydrogens (tertiary/aromatic N) is 1. The molecule has 1 aromatic heterocycles. The van der Waals surface area contributed by atoms with E-state index in [0.717, 1.165) is 25.7 Å². The molecule has 4 aromatic carbocycles. The summed E-state index contributed by atoms with van der Waals surface area (Å²) in [6.07, 6.45) is 4.32. The lowest BCUT2D eigenvalue weighted by Gasteiger charge is -2.28. The third-order valence-corrected chi connectivity index (χ3v) is 7.53. The molecule has 0 radical (unpaired) electrons. The van der Waals surface area contributed by atoms with Gasteiger partial charge in [0.1, 0.15) is 0 Å². The summed E-state index contributed by atoms with van der Waals surface area (Å²) in [7, 11) is 0. The highest BCUT2D eigenvalue weighted by atomic mass is 15.0. The van der Waals surface area contributed by atoms with Gasteiger partial charge in [0.05, 0.1) is 11.1 Å². The van der Waals surface area contributed by atoms with Crippen LogP contribution in [0.1, 0.15) is 22.3 Å². The van der Waals surface area contributed by atoms with Crippen molar-refractivity contribution < 1.29 is 4.57 Å². The van der Waals surface area contributed by atoms with Crippen molar-refractivity contribution in [3.05, 3.63) is 131 Å². The van der Waals surface area contributed by atoms with Crippen LogP contribution in [0.25, 0.3) is 39.3 Å². The third kappa shape index (κ3) is 2.90. The predicted molar refractivity (Wildman–Crippen MR) is 139 cm³/mol. The molecule has 0 N–H and O–H groups in total. The molecule has 0 fully saturated rings. The number of benzene rings is 4. The van der Waals surface area contributed by atoms with Crippen molar-refractivity contribution in [2.24, 2.45) is 0 Å². The van der Waals surface area contributed by atoms with Gasteiger partial charge in [0, 0.05) is 28.8 Å². The molecule has 162 valence electrons. The van der Waals surface area contributed by atoms with E-state index >= 15 is 0 Å². The van der Waals surface area contributed by atoms with Gasteiger partial charge in [-0.1, -0.05) is 84.9 Å². The van der Waals surface area contributed by atoms with Crippen molar-refractivity contribution in [2.45, 2.75) is 25.7 Å². The van der Waals surface area contributed by atoms with Gasteiger partial charge in [0.25, 0.3) is 0 Å². The van der Waals surface area contributed by atoms with Crippen LogP contribution in [0.5, 0.6) is 0 Å². The second-order valence-electron chi connectivity index (χ2n) is 9.38. The second kappa shape index (κ2) is 7.81.